The lowest BCUT2D eigenvalue weighted by Crippen LogP contribution is -2.48. The SMILES string of the molecule is CC1=C(CCCCCCN2CCN(C(=O)c3ccccc3C)CC2)C(=O)N(c2ccc(C#N)c(C(F)(F)F)c2)C1=O. The molecule has 0 N–H and O–H groups in total. The zero-order chi connectivity index (χ0) is 29.7. The summed E-state index contributed by atoms with van der Waals surface area (Å²) in [5, 5.41) is 9.01. The van der Waals surface area contributed by atoms with Gasteiger partial charge in [0.25, 0.3) is 17.7 Å². The van der Waals surface area contributed by atoms with Crippen LogP contribution in [-0.4, -0.2) is 60.2 Å². The van der Waals surface area contributed by atoms with Crippen LogP contribution in [0.5, 0.6) is 0 Å². The number of amides is 3. The third-order valence-corrected chi connectivity index (χ3v) is 7.81. The van der Waals surface area contributed by atoms with Crippen molar-refractivity contribution in [2.45, 2.75) is 52.1 Å². The van der Waals surface area contributed by atoms with Crippen LogP contribution < -0.4 is 4.90 Å². The van der Waals surface area contributed by atoms with Gasteiger partial charge in [-0.25, -0.2) is 4.90 Å². The zero-order valence-electron chi connectivity index (χ0n) is 23.3. The van der Waals surface area contributed by atoms with Crippen LogP contribution in [0.2, 0.25) is 0 Å². The minimum atomic E-state index is -4.79. The van der Waals surface area contributed by atoms with Crippen LogP contribution in [0.1, 0.15) is 66.1 Å². The number of hydrogen-bond donors (Lipinski definition) is 0. The lowest BCUT2D eigenvalue weighted by molar-refractivity contribution is -0.138. The molecule has 41 heavy (non-hydrogen) atoms. The first kappa shape index (κ1) is 30.0. The van der Waals surface area contributed by atoms with Gasteiger partial charge in [0.15, 0.2) is 0 Å². The fourth-order valence-electron chi connectivity index (χ4n) is 5.37. The molecule has 0 saturated carbocycles. The van der Waals surface area contributed by atoms with Crippen LogP contribution in [-0.2, 0) is 15.8 Å². The van der Waals surface area contributed by atoms with Crippen molar-refractivity contribution in [1.29, 1.82) is 5.26 Å². The molecule has 3 amide bonds. The fourth-order valence-corrected chi connectivity index (χ4v) is 5.37. The van der Waals surface area contributed by atoms with Gasteiger partial charge in [-0.1, -0.05) is 31.0 Å². The summed E-state index contributed by atoms with van der Waals surface area (Å²) in [7, 11) is 0. The molecule has 0 unspecified atom stereocenters. The Morgan fingerprint density at radius 2 is 1.61 bits per heavy atom. The first-order valence-electron chi connectivity index (χ1n) is 13.8. The van der Waals surface area contributed by atoms with Gasteiger partial charge < -0.3 is 4.90 Å². The van der Waals surface area contributed by atoms with E-state index in [1.165, 1.54) is 19.1 Å². The average Bonchev–Trinajstić information content (AvgIpc) is 3.17. The number of carbonyl (C=O) groups excluding carboxylic acids is 3. The molecule has 4 rings (SSSR count). The quantitative estimate of drug-likeness (QED) is 0.296. The van der Waals surface area contributed by atoms with Crippen molar-refractivity contribution >= 4 is 23.4 Å². The molecule has 216 valence electrons. The Kier molecular flexibility index (Phi) is 9.28. The van der Waals surface area contributed by atoms with E-state index in [0.29, 0.717) is 37.6 Å². The number of alkyl halides is 3. The highest BCUT2D eigenvalue weighted by molar-refractivity contribution is 6.32. The summed E-state index contributed by atoms with van der Waals surface area (Å²) in [6.45, 7) is 7.41. The highest BCUT2D eigenvalue weighted by atomic mass is 19.4. The number of carbonyl (C=O) groups is 3. The second kappa shape index (κ2) is 12.7. The fraction of sp³-hybridized carbons (Fsp3) is 0.419. The Morgan fingerprint density at radius 3 is 2.27 bits per heavy atom. The van der Waals surface area contributed by atoms with Crippen LogP contribution in [0.3, 0.4) is 0 Å². The third kappa shape index (κ3) is 6.68. The van der Waals surface area contributed by atoms with Crippen molar-refractivity contribution in [3.05, 3.63) is 75.9 Å². The molecule has 7 nitrogen and oxygen atoms in total. The molecular formula is C31H33F3N4O3. The second-order valence-corrected chi connectivity index (χ2v) is 10.5. The van der Waals surface area contributed by atoms with Gasteiger partial charge in [-0.15, -0.1) is 0 Å². The molecule has 2 aromatic carbocycles. The summed E-state index contributed by atoms with van der Waals surface area (Å²) in [4.78, 5) is 43.6. The maximum atomic E-state index is 13.4. The van der Waals surface area contributed by atoms with Crippen LogP contribution in [0.15, 0.2) is 53.6 Å². The van der Waals surface area contributed by atoms with Gasteiger partial charge in [-0.3, -0.25) is 19.3 Å². The summed E-state index contributed by atoms with van der Waals surface area (Å²) in [6, 6.07) is 12.0. The molecule has 2 aromatic rings. The smallest absolute Gasteiger partial charge is 0.336 e. The molecule has 0 atom stereocenters. The molecule has 2 heterocycles. The molecule has 0 aliphatic carbocycles. The molecule has 0 radical (unpaired) electrons. The number of benzene rings is 2. The van der Waals surface area contributed by atoms with E-state index in [2.05, 4.69) is 4.90 Å². The summed E-state index contributed by atoms with van der Waals surface area (Å²) < 4.78 is 40.2. The highest BCUT2D eigenvalue weighted by Crippen LogP contribution is 2.37. The number of hydrogen-bond acceptors (Lipinski definition) is 5. The molecule has 1 saturated heterocycles. The van der Waals surface area contributed by atoms with Crippen molar-refractivity contribution in [2.24, 2.45) is 0 Å². The predicted octanol–water partition coefficient (Wildman–Crippen LogP) is 5.48. The molecule has 2 aliphatic rings. The van der Waals surface area contributed by atoms with Gasteiger partial charge in [0.1, 0.15) is 0 Å². The lowest BCUT2D eigenvalue weighted by atomic mass is 10.0. The third-order valence-electron chi connectivity index (χ3n) is 7.81. The maximum absolute atomic E-state index is 13.4. The monoisotopic (exact) mass is 566 g/mol. The van der Waals surface area contributed by atoms with E-state index in [-0.39, 0.29) is 17.2 Å². The Bertz CT molecular complexity index is 1400. The largest absolute Gasteiger partial charge is 0.417 e. The zero-order valence-corrected chi connectivity index (χ0v) is 23.3. The lowest BCUT2D eigenvalue weighted by Gasteiger charge is -2.35. The molecule has 0 aromatic heterocycles. The Balaban J connectivity index is 1.21. The van der Waals surface area contributed by atoms with E-state index in [1.807, 2.05) is 36.1 Å². The maximum Gasteiger partial charge on any atom is 0.417 e. The number of anilines is 1. The van der Waals surface area contributed by atoms with Crippen molar-refractivity contribution in [3.8, 4) is 6.07 Å². The topological polar surface area (TPSA) is 84.7 Å². The van der Waals surface area contributed by atoms with E-state index in [9.17, 15) is 27.6 Å². The molecule has 0 spiro atoms. The molecule has 10 heteroatoms. The van der Waals surface area contributed by atoms with Crippen molar-refractivity contribution in [3.63, 3.8) is 0 Å². The van der Waals surface area contributed by atoms with E-state index in [1.54, 1.807) is 0 Å². The normalized spacial score (nSPS) is 16.5. The van der Waals surface area contributed by atoms with Crippen molar-refractivity contribution in [2.75, 3.05) is 37.6 Å². The summed E-state index contributed by atoms with van der Waals surface area (Å²) in [6.07, 6.45) is -0.989. The van der Waals surface area contributed by atoms with Crippen LogP contribution in [0, 0.1) is 18.3 Å². The average molecular weight is 567 g/mol. The molecule has 0 bridgehead atoms. The Morgan fingerprint density at radius 1 is 0.927 bits per heavy atom. The number of unbranched alkanes of at least 4 members (excludes halogenated alkanes) is 3. The Hall–Kier alpha value is -3.97. The van der Waals surface area contributed by atoms with E-state index >= 15 is 0 Å². The number of nitrogens with zero attached hydrogens (tertiary/aromatic N) is 4. The highest BCUT2D eigenvalue weighted by Gasteiger charge is 2.39. The van der Waals surface area contributed by atoms with Crippen LogP contribution >= 0.6 is 0 Å². The minimum Gasteiger partial charge on any atom is -0.336 e. The first-order chi connectivity index (χ1) is 19.5. The van der Waals surface area contributed by atoms with Gasteiger partial charge in [0, 0.05) is 42.9 Å². The van der Waals surface area contributed by atoms with Crippen molar-refractivity contribution < 1.29 is 27.6 Å². The molecule has 2 aliphatic heterocycles. The minimum absolute atomic E-state index is 0.0748. The number of rotatable bonds is 9. The van der Waals surface area contributed by atoms with Gasteiger partial charge in [-0.2, -0.15) is 18.4 Å². The van der Waals surface area contributed by atoms with Gasteiger partial charge >= 0.3 is 6.18 Å². The number of aryl methyl sites for hydroxylation is 1. The van der Waals surface area contributed by atoms with Crippen LogP contribution in [0.4, 0.5) is 18.9 Å². The van der Waals surface area contributed by atoms with Gasteiger partial charge in [0.05, 0.1) is 22.9 Å². The van der Waals surface area contributed by atoms with E-state index < -0.39 is 29.1 Å². The predicted molar refractivity (Wildman–Crippen MR) is 148 cm³/mol. The first-order valence-corrected chi connectivity index (χ1v) is 13.8. The van der Waals surface area contributed by atoms with E-state index in [4.69, 9.17) is 5.26 Å². The summed E-state index contributed by atoms with van der Waals surface area (Å²) >= 11 is 0. The molecular weight excluding hydrogens is 533 g/mol. The van der Waals surface area contributed by atoms with Gasteiger partial charge in [-0.05, 0) is 69.5 Å². The second-order valence-electron chi connectivity index (χ2n) is 10.5. The van der Waals surface area contributed by atoms with Crippen molar-refractivity contribution in [1.82, 2.24) is 9.80 Å². The summed E-state index contributed by atoms with van der Waals surface area (Å²) in [5.41, 5.74) is 0.355. The van der Waals surface area contributed by atoms with E-state index in [0.717, 1.165) is 61.0 Å². The summed E-state index contributed by atoms with van der Waals surface area (Å²) in [5.74, 6) is -1.17. The molecule has 1 fully saturated rings. The number of halogens is 3. The number of nitriles is 1. The Labute approximate surface area is 237 Å². The van der Waals surface area contributed by atoms with Gasteiger partial charge in [0.2, 0.25) is 0 Å². The standard InChI is InChI=1S/C31H33F3N4O3/c1-21-9-6-7-10-25(21)29(40)37-17-15-36(16-18-37)14-8-4-3-5-11-26-22(2)28(39)38(30(26)41)24-13-12-23(20-35)27(19-24)31(32,33)34/h6-7,9-10,12-13,19H,3-5,8,11,14-18H2,1-2H3. The van der Waals surface area contributed by atoms with Crippen LogP contribution in [0.25, 0.3) is 0 Å². The number of imide groups is 1. The number of piperazine rings is 1.